The first kappa shape index (κ1) is 17.3. The quantitative estimate of drug-likeness (QED) is 0.289. The number of nitrogen functional groups attached to an aromatic ring is 1. The monoisotopic (exact) mass is 316 g/mol. The minimum absolute atomic E-state index is 0.0544. The molecule has 0 aliphatic carbocycles. The molecule has 0 saturated heterocycles. The van der Waals surface area contributed by atoms with Crippen LogP contribution < -0.4 is 16.0 Å². The predicted molar refractivity (Wildman–Crippen MR) is 80.2 cm³/mol. The summed E-state index contributed by atoms with van der Waals surface area (Å²) < 4.78 is 26.6. The van der Waals surface area contributed by atoms with Crippen LogP contribution in [-0.4, -0.2) is 19.9 Å². The van der Waals surface area contributed by atoms with Gasteiger partial charge < -0.3 is 5.43 Å². The fraction of sp³-hybridized carbons (Fsp3) is 0.500. The van der Waals surface area contributed by atoms with E-state index < -0.39 is 14.9 Å². The highest BCUT2D eigenvalue weighted by Crippen LogP contribution is 2.26. The van der Waals surface area contributed by atoms with Crippen LogP contribution in [0.2, 0.25) is 0 Å². The molecule has 0 spiro atoms. The van der Waals surface area contributed by atoms with Crippen molar-refractivity contribution in [3.63, 3.8) is 0 Å². The molecule has 0 amide bonds. The normalized spacial score (nSPS) is 11.6. The van der Waals surface area contributed by atoms with Gasteiger partial charge in [-0.25, -0.2) is 13.1 Å². The Labute approximate surface area is 123 Å². The highest BCUT2D eigenvalue weighted by Gasteiger charge is 2.20. The van der Waals surface area contributed by atoms with E-state index in [1.54, 1.807) is 0 Å². The van der Waals surface area contributed by atoms with Gasteiger partial charge in [0.2, 0.25) is 10.0 Å². The number of nitrogens with two attached hydrogens (primary N) is 1. The number of hydrogen-bond acceptors (Lipinski definition) is 6. The van der Waals surface area contributed by atoms with Crippen molar-refractivity contribution >= 4 is 21.4 Å². The van der Waals surface area contributed by atoms with Crippen molar-refractivity contribution < 1.29 is 13.3 Å². The number of nitrogens with one attached hydrogen (secondary N) is 2. The van der Waals surface area contributed by atoms with E-state index in [0.29, 0.717) is 18.9 Å². The van der Waals surface area contributed by atoms with E-state index in [2.05, 4.69) is 24.0 Å². The van der Waals surface area contributed by atoms with Gasteiger partial charge in [-0.3, -0.25) is 16.0 Å². The van der Waals surface area contributed by atoms with Crippen molar-refractivity contribution in [3.05, 3.63) is 28.3 Å². The summed E-state index contributed by atoms with van der Waals surface area (Å²) in [5.74, 6) is 5.65. The molecule has 9 heteroatoms. The molecular formula is C12H20N4O4S. The molecule has 8 nitrogen and oxygen atoms in total. The molecule has 0 aliphatic rings. The van der Waals surface area contributed by atoms with Gasteiger partial charge in [-0.1, -0.05) is 13.8 Å². The van der Waals surface area contributed by atoms with Gasteiger partial charge in [0.05, 0.1) is 9.82 Å². The van der Waals surface area contributed by atoms with E-state index >= 15 is 0 Å². The first-order chi connectivity index (χ1) is 9.77. The minimum atomic E-state index is -3.76. The second-order valence-electron chi connectivity index (χ2n) is 5.01. The summed E-state index contributed by atoms with van der Waals surface area (Å²) in [5.41, 5.74) is 1.83. The standard InChI is InChI=1S/C12H20N4O4S/c1-9(2)4-3-7-14-21(19,20)10-5-6-11(15-13)12(8-10)16(17)18/h5-6,8-9,14-15H,3-4,7,13H2,1-2H3. The smallest absolute Gasteiger partial charge is 0.294 e. The Morgan fingerprint density at radius 1 is 1.38 bits per heavy atom. The van der Waals surface area contributed by atoms with E-state index in [9.17, 15) is 18.5 Å². The molecule has 0 bridgehead atoms. The number of hydrazine groups is 1. The van der Waals surface area contributed by atoms with Gasteiger partial charge >= 0.3 is 0 Å². The Kier molecular flexibility index (Phi) is 6.06. The van der Waals surface area contributed by atoms with Crippen molar-refractivity contribution in [2.24, 2.45) is 11.8 Å². The van der Waals surface area contributed by atoms with Crippen LogP contribution in [-0.2, 0) is 10.0 Å². The lowest BCUT2D eigenvalue weighted by Gasteiger charge is -2.09. The number of nitro groups is 1. The van der Waals surface area contributed by atoms with Crippen LogP contribution in [0, 0.1) is 16.0 Å². The molecule has 21 heavy (non-hydrogen) atoms. The molecular weight excluding hydrogens is 296 g/mol. The Morgan fingerprint density at radius 3 is 2.57 bits per heavy atom. The zero-order valence-electron chi connectivity index (χ0n) is 12.0. The van der Waals surface area contributed by atoms with Crippen LogP contribution in [0.25, 0.3) is 0 Å². The summed E-state index contributed by atoms with van der Waals surface area (Å²) in [7, 11) is -3.76. The van der Waals surface area contributed by atoms with Crippen LogP contribution in [0.15, 0.2) is 23.1 Å². The topological polar surface area (TPSA) is 127 Å². The molecule has 0 radical (unpaired) electrons. The van der Waals surface area contributed by atoms with Gasteiger partial charge in [-0.05, 0) is 30.9 Å². The van der Waals surface area contributed by atoms with Crippen LogP contribution in [0.4, 0.5) is 11.4 Å². The van der Waals surface area contributed by atoms with E-state index in [4.69, 9.17) is 5.84 Å². The van der Waals surface area contributed by atoms with Crippen LogP contribution >= 0.6 is 0 Å². The average molecular weight is 316 g/mol. The Balaban J connectivity index is 2.88. The van der Waals surface area contributed by atoms with Crippen molar-refractivity contribution in [3.8, 4) is 0 Å². The van der Waals surface area contributed by atoms with Crippen molar-refractivity contribution in [1.82, 2.24) is 4.72 Å². The average Bonchev–Trinajstić information content (AvgIpc) is 2.42. The summed E-state index contributed by atoms with van der Waals surface area (Å²) in [5, 5.41) is 10.9. The number of sulfonamides is 1. The summed E-state index contributed by atoms with van der Waals surface area (Å²) in [6.07, 6.45) is 1.61. The van der Waals surface area contributed by atoms with Crippen molar-refractivity contribution in [2.45, 2.75) is 31.6 Å². The Morgan fingerprint density at radius 2 is 2.05 bits per heavy atom. The highest BCUT2D eigenvalue weighted by molar-refractivity contribution is 7.89. The lowest BCUT2D eigenvalue weighted by atomic mass is 10.1. The second-order valence-corrected chi connectivity index (χ2v) is 6.78. The minimum Gasteiger partial charge on any atom is -0.318 e. The highest BCUT2D eigenvalue weighted by atomic mass is 32.2. The lowest BCUT2D eigenvalue weighted by Crippen LogP contribution is -2.25. The molecule has 118 valence electrons. The largest absolute Gasteiger partial charge is 0.318 e. The third-order valence-electron chi connectivity index (χ3n) is 2.88. The van der Waals surface area contributed by atoms with Gasteiger partial charge in [0.15, 0.2) is 0 Å². The van der Waals surface area contributed by atoms with Gasteiger partial charge in [0, 0.05) is 12.6 Å². The molecule has 4 N–H and O–H groups in total. The lowest BCUT2D eigenvalue weighted by molar-refractivity contribution is -0.384. The van der Waals surface area contributed by atoms with Crippen LogP contribution in [0.1, 0.15) is 26.7 Å². The second kappa shape index (κ2) is 7.34. The molecule has 0 heterocycles. The first-order valence-corrected chi connectivity index (χ1v) is 8.01. The van der Waals surface area contributed by atoms with Crippen LogP contribution in [0.3, 0.4) is 0 Å². The maximum Gasteiger partial charge on any atom is 0.294 e. The third-order valence-corrected chi connectivity index (χ3v) is 4.34. The number of anilines is 1. The predicted octanol–water partition coefficient (Wildman–Crippen LogP) is 1.59. The maximum atomic E-state index is 12.1. The molecule has 0 saturated carbocycles. The van der Waals surface area contributed by atoms with E-state index in [-0.39, 0.29) is 16.3 Å². The summed E-state index contributed by atoms with van der Waals surface area (Å²) >= 11 is 0. The Hall–Kier alpha value is -1.71. The number of nitro benzene ring substituents is 1. The maximum absolute atomic E-state index is 12.1. The zero-order valence-corrected chi connectivity index (χ0v) is 12.8. The molecule has 1 rings (SSSR count). The summed E-state index contributed by atoms with van der Waals surface area (Å²) in [6, 6.07) is 3.52. The van der Waals surface area contributed by atoms with Gasteiger partial charge in [0.25, 0.3) is 5.69 Å². The number of rotatable bonds is 8. The van der Waals surface area contributed by atoms with Gasteiger partial charge in [-0.2, -0.15) is 0 Å². The first-order valence-electron chi connectivity index (χ1n) is 6.52. The van der Waals surface area contributed by atoms with Crippen LogP contribution in [0.5, 0.6) is 0 Å². The number of benzene rings is 1. The van der Waals surface area contributed by atoms with E-state index in [1.165, 1.54) is 12.1 Å². The SMILES string of the molecule is CC(C)CCCNS(=O)(=O)c1ccc(NN)c([N+](=O)[O-])c1. The fourth-order valence-corrected chi connectivity index (χ4v) is 2.85. The third kappa shape index (κ3) is 4.96. The van der Waals surface area contributed by atoms with Crippen molar-refractivity contribution in [1.29, 1.82) is 0 Å². The van der Waals surface area contributed by atoms with Gasteiger partial charge in [0.1, 0.15) is 5.69 Å². The van der Waals surface area contributed by atoms with Gasteiger partial charge in [-0.15, -0.1) is 0 Å². The number of hydrogen-bond donors (Lipinski definition) is 3. The summed E-state index contributed by atoms with van der Waals surface area (Å²) in [6.45, 7) is 4.40. The molecule has 0 fully saturated rings. The summed E-state index contributed by atoms with van der Waals surface area (Å²) in [4.78, 5) is 10.0. The zero-order chi connectivity index (χ0) is 16.0. The van der Waals surface area contributed by atoms with Crippen molar-refractivity contribution in [2.75, 3.05) is 12.0 Å². The molecule has 1 aromatic carbocycles. The molecule has 1 aromatic rings. The van der Waals surface area contributed by atoms with E-state index in [1.807, 2.05) is 0 Å². The van der Waals surface area contributed by atoms with E-state index in [0.717, 1.165) is 12.5 Å². The molecule has 0 atom stereocenters. The fourth-order valence-electron chi connectivity index (χ4n) is 1.75. The molecule has 0 aliphatic heterocycles. The molecule has 0 aromatic heterocycles. The molecule has 0 unspecified atom stereocenters. The number of nitrogens with zero attached hydrogens (tertiary/aromatic N) is 1. The Bertz CT molecular complexity index is 601.